The molecule has 1 unspecified atom stereocenters. The second-order valence-corrected chi connectivity index (χ2v) is 12.7. The molecule has 1 saturated heterocycles. The Bertz CT molecular complexity index is 1300. The number of benzene rings is 2. The fourth-order valence-corrected chi connectivity index (χ4v) is 7.39. The molecule has 1 aliphatic heterocycles. The van der Waals surface area contributed by atoms with Crippen molar-refractivity contribution in [2.45, 2.75) is 83.6 Å². The van der Waals surface area contributed by atoms with Crippen molar-refractivity contribution in [2.24, 2.45) is 16.7 Å². The number of aliphatic hydroxyl groups excluding tert-OH is 1. The van der Waals surface area contributed by atoms with E-state index in [0.29, 0.717) is 24.4 Å². The highest BCUT2D eigenvalue weighted by molar-refractivity contribution is 5.85. The summed E-state index contributed by atoms with van der Waals surface area (Å²) in [5, 5.41) is 21.4. The van der Waals surface area contributed by atoms with Crippen molar-refractivity contribution in [2.75, 3.05) is 6.61 Å². The highest BCUT2D eigenvalue weighted by atomic mass is 19.1. The van der Waals surface area contributed by atoms with Crippen LogP contribution in [-0.4, -0.2) is 32.6 Å². The molecule has 0 radical (unpaired) electrons. The Hall–Kier alpha value is -2.21. The van der Waals surface area contributed by atoms with Gasteiger partial charge in [-0.3, -0.25) is 0 Å². The number of aromatic nitrogens is 1. The molecule has 1 aromatic heterocycles. The lowest BCUT2D eigenvalue weighted by Gasteiger charge is -2.53. The van der Waals surface area contributed by atoms with E-state index in [4.69, 9.17) is 4.74 Å². The van der Waals surface area contributed by atoms with E-state index >= 15 is 4.39 Å². The van der Waals surface area contributed by atoms with Gasteiger partial charge in [0.2, 0.25) is 0 Å². The quantitative estimate of drug-likeness (QED) is 0.434. The summed E-state index contributed by atoms with van der Waals surface area (Å²) in [5.74, 6) is 0.0683. The first kappa shape index (κ1) is 24.1. The lowest BCUT2D eigenvalue weighted by atomic mass is 9.63. The lowest BCUT2D eigenvalue weighted by molar-refractivity contribution is -0.233. The second-order valence-electron chi connectivity index (χ2n) is 12.7. The maximum atomic E-state index is 15.3. The normalized spacial score (nSPS) is 28.2. The van der Waals surface area contributed by atoms with E-state index in [1.165, 1.54) is 18.9 Å². The monoisotopic (exact) mass is 491 g/mol. The molecule has 0 amide bonds. The molecule has 2 saturated carbocycles. The van der Waals surface area contributed by atoms with Crippen LogP contribution in [-0.2, 0) is 17.7 Å². The van der Waals surface area contributed by atoms with Gasteiger partial charge in [0.1, 0.15) is 5.82 Å². The summed E-state index contributed by atoms with van der Waals surface area (Å²) in [6, 6.07) is 13.6. The van der Waals surface area contributed by atoms with Gasteiger partial charge in [-0.15, -0.1) is 0 Å². The third kappa shape index (κ3) is 3.58. The molecule has 4 nitrogen and oxygen atoms in total. The van der Waals surface area contributed by atoms with Gasteiger partial charge < -0.3 is 19.5 Å². The summed E-state index contributed by atoms with van der Waals surface area (Å²) in [6.45, 7) is 8.47. The molecule has 3 aromatic rings. The van der Waals surface area contributed by atoms with Gasteiger partial charge in [-0.05, 0) is 75.0 Å². The highest BCUT2D eigenvalue weighted by Crippen LogP contribution is 2.82. The topological polar surface area (TPSA) is 54.6 Å². The summed E-state index contributed by atoms with van der Waals surface area (Å²) >= 11 is 0. The number of hydrogen-bond acceptors (Lipinski definition) is 3. The van der Waals surface area contributed by atoms with Crippen LogP contribution in [0.5, 0.6) is 0 Å². The van der Waals surface area contributed by atoms with Crippen molar-refractivity contribution in [3.05, 3.63) is 71.2 Å². The average molecular weight is 492 g/mol. The first-order chi connectivity index (χ1) is 17.0. The van der Waals surface area contributed by atoms with Gasteiger partial charge in [-0.25, -0.2) is 4.39 Å². The summed E-state index contributed by atoms with van der Waals surface area (Å²) < 4.78 is 24.2. The number of aliphatic hydroxyl groups is 2. The fraction of sp³-hybridized carbons (Fsp3) is 0.548. The molecule has 2 spiro atoms. The average Bonchev–Trinajstić information content (AvgIpc) is 3.74. The minimum Gasteiger partial charge on any atom is -0.393 e. The van der Waals surface area contributed by atoms with Crippen LogP contribution in [0.4, 0.5) is 4.39 Å². The molecule has 3 aliphatic rings. The molecule has 5 heteroatoms. The van der Waals surface area contributed by atoms with Crippen LogP contribution in [0.25, 0.3) is 10.9 Å². The molecule has 2 aliphatic carbocycles. The zero-order chi connectivity index (χ0) is 25.5. The van der Waals surface area contributed by atoms with Crippen LogP contribution < -0.4 is 0 Å². The number of ether oxygens (including phenoxy) is 1. The molecule has 2 aromatic carbocycles. The van der Waals surface area contributed by atoms with Crippen molar-refractivity contribution in [1.29, 1.82) is 0 Å². The molecule has 2 heterocycles. The minimum absolute atomic E-state index is 0.00745. The molecular formula is C31H38FNO3. The van der Waals surface area contributed by atoms with Crippen molar-refractivity contribution >= 4 is 10.9 Å². The van der Waals surface area contributed by atoms with Gasteiger partial charge in [0.25, 0.3) is 0 Å². The highest BCUT2D eigenvalue weighted by Gasteiger charge is 2.76. The van der Waals surface area contributed by atoms with E-state index in [2.05, 4.69) is 32.2 Å². The lowest BCUT2D eigenvalue weighted by Crippen LogP contribution is -2.54. The number of nitrogens with zero attached hydrogens (tertiary/aromatic N) is 1. The first-order valence-electron chi connectivity index (χ1n) is 13.4. The Balaban J connectivity index is 1.40. The van der Waals surface area contributed by atoms with E-state index < -0.39 is 11.2 Å². The molecule has 0 bridgehead atoms. The van der Waals surface area contributed by atoms with Crippen molar-refractivity contribution < 1.29 is 19.3 Å². The summed E-state index contributed by atoms with van der Waals surface area (Å²) in [7, 11) is 0. The van der Waals surface area contributed by atoms with Crippen molar-refractivity contribution in [1.82, 2.24) is 4.57 Å². The third-order valence-corrected chi connectivity index (χ3v) is 9.69. The number of halogens is 1. The van der Waals surface area contributed by atoms with Crippen LogP contribution >= 0.6 is 0 Å². The van der Waals surface area contributed by atoms with E-state index in [9.17, 15) is 10.2 Å². The third-order valence-electron chi connectivity index (χ3n) is 9.69. The Labute approximate surface area is 213 Å². The van der Waals surface area contributed by atoms with E-state index in [1.54, 1.807) is 6.07 Å². The van der Waals surface area contributed by atoms with Gasteiger partial charge in [0.15, 0.2) is 0 Å². The predicted molar refractivity (Wildman–Crippen MR) is 139 cm³/mol. The SMILES string of the molecule is CC1C2(CC2)C2(CC2)[C@H](c2cn(Cc3ccc(CC(C)(C)O)cc3)c3c(F)cccc23)O[C@]1(C)CO. The van der Waals surface area contributed by atoms with Gasteiger partial charge >= 0.3 is 0 Å². The molecule has 2 N–H and O–H groups in total. The van der Waals surface area contributed by atoms with Gasteiger partial charge in [-0.2, -0.15) is 0 Å². The van der Waals surface area contributed by atoms with Crippen LogP contribution in [0, 0.1) is 22.6 Å². The summed E-state index contributed by atoms with van der Waals surface area (Å²) in [5.41, 5.74) is 2.77. The Kier molecular flexibility index (Phi) is 5.29. The second kappa shape index (κ2) is 7.89. The fourth-order valence-electron chi connectivity index (χ4n) is 7.39. The van der Waals surface area contributed by atoms with Crippen LogP contribution in [0.1, 0.15) is 76.2 Å². The van der Waals surface area contributed by atoms with Gasteiger partial charge in [0, 0.05) is 35.5 Å². The number of hydrogen-bond donors (Lipinski definition) is 2. The zero-order valence-electron chi connectivity index (χ0n) is 21.9. The predicted octanol–water partition coefficient (Wildman–Crippen LogP) is 6.16. The van der Waals surface area contributed by atoms with Crippen molar-refractivity contribution in [3.63, 3.8) is 0 Å². The largest absolute Gasteiger partial charge is 0.393 e. The van der Waals surface area contributed by atoms with E-state index in [-0.39, 0.29) is 29.4 Å². The Morgan fingerprint density at radius 3 is 2.25 bits per heavy atom. The van der Waals surface area contributed by atoms with E-state index in [1.807, 2.05) is 36.6 Å². The number of rotatable bonds is 6. The smallest absolute Gasteiger partial charge is 0.147 e. The summed E-state index contributed by atoms with van der Waals surface area (Å²) in [4.78, 5) is 0. The molecule has 6 rings (SSSR count). The van der Waals surface area contributed by atoms with Crippen LogP contribution in [0.3, 0.4) is 0 Å². The van der Waals surface area contributed by atoms with Crippen molar-refractivity contribution in [3.8, 4) is 0 Å². The van der Waals surface area contributed by atoms with Gasteiger partial charge in [0.05, 0.1) is 29.4 Å². The number of fused-ring (bicyclic) bond motifs is 2. The first-order valence-corrected chi connectivity index (χ1v) is 13.4. The maximum absolute atomic E-state index is 15.3. The van der Waals surface area contributed by atoms with Gasteiger partial charge in [-0.1, -0.05) is 43.3 Å². The van der Waals surface area contributed by atoms with Crippen LogP contribution in [0.15, 0.2) is 48.7 Å². The van der Waals surface area contributed by atoms with Crippen LogP contribution in [0.2, 0.25) is 0 Å². The molecule has 3 fully saturated rings. The Morgan fingerprint density at radius 2 is 1.67 bits per heavy atom. The molecule has 3 atom stereocenters. The standard InChI is InChI=1S/C31H38FNO3/c1-20-29(4,19-34)36-27(31(14-15-31)30(20)12-13-30)24-18-33(26-23(24)6-5-7-25(26)32)17-22-10-8-21(9-11-22)16-28(2,3)35/h5-11,18,20,27,34-35H,12-17,19H2,1-4H3/t20?,27-,29+/m0/s1. The minimum atomic E-state index is -0.756. The maximum Gasteiger partial charge on any atom is 0.147 e. The molecular weight excluding hydrogens is 453 g/mol. The molecule has 36 heavy (non-hydrogen) atoms. The zero-order valence-corrected chi connectivity index (χ0v) is 21.9. The summed E-state index contributed by atoms with van der Waals surface area (Å²) in [6.07, 6.45) is 7.19. The van der Waals surface area contributed by atoms with E-state index in [0.717, 1.165) is 34.9 Å². The number of para-hydroxylation sites is 1. The molecule has 192 valence electrons. The Morgan fingerprint density at radius 1 is 1.03 bits per heavy atom.